The maximum atomic E-state index is 12.0. The maximum absolute atomic E-state index is 12.0. The first-order chi connectivity index (χ1) is 8.38. The van der Waals surface area contributed by atoms with Crippen LogP contribution in [0.4, 0.5) is 11.4 Å². The van der Waals surface area contributed by atoms with Gasteiger partial charge in [0, 0.05) is 23.4 Å². The molecule has 8 heteroatoms. The van der Waals surface area contributed by atoms with Crippen molar-refractivity contribution in [2.75, 3.05) is 10.5 Å². The van der Waals surface area contributed by atoms with E-state index in [0.717, 1.165) is 0 Å². The third kappa shape index (κ3) is 2.65. The van der Waals surface area contributed by atoms with Gasteiger partial charge in [0.15, 0.2) is 5.03 Å². The van der Waals surface area contributed by atoms with Crippen LogP contribution < -0.4 is 10.5 Å². The lowest BCUT2D eigenvalue weighted by Gasteiger charge is -2.07. The van der Waals surface area contributed by atoms with Gasteiger partial charge in [-0.3, -0.25) is 4.72 Å². The van der Waals surface area contributed by atoms with Crippen LogP contribution in [0, 0.1) is 0 Å². The summed E-state index contributed by atoms with van der Waals surface area (Å²) in [6.45, 7) is 0. The molecule has 0 spiro atoms. The Balaban J connectivity index is 2.30. The minimum atomic E-state index is -3.67. The zero-order valence-electron chi connectivity index (χ0n) is 9.46. The van der Waals surface area contributed by atoms with Gasteiger partial charge in [-0.25, -0.2) is 4.98 Å². The Bertz CT molecular complexity index is 681. The highest BCUT2D eigenvalue weighted by Crippen LogP contribution is 2.24. The number of rotatable bonds is 3. The number of nitrogens with one attached hydrogen (secondary N) is 1. The van der Waals surface area contributed by atoms with Crippen LogP contribution in [0.3, 0.4) is 0 Å². The molecular formula is C10H11BrN4O2S. The standard InChI is InChI=1S/C10H11BrN4O2S/c1-15-5-10(13-6-15)18(16,17)14-7-2-3-9(12)8(11)4-7/h2-6,14H,12H2,1H3. The van der Waals surface area contributed by atoms with Gasteiger partial charge in [-0.2, -0.15) is 8.42 Å². The largest absolute Gasteiger partial charge is 0.398 e. The molecule has 1 aromatic carbocycles. The van der Waals surface area contributed by atoms with Gasteiger partial charge in [0.25, 0.3) is 10.0 Å². The Hall–Kier alpha value is -1.54. The number of hydrogen-bond acceptors (Lipinski definition) is 4. The molecule has 0 saturated heterocycles. The monoisotopic (exact) mass is 330 g/mol. The molecule has 1 aromatic heterocycles. The van der Waals surface area contributed by atoms with Gasteiger partial charge in [-0.1, -0.05) is 0 Å². The summed E-state index contributed by atoms with van der Waals surface area (Å²) in [6, 6.07) is 4.79. The zero-order valence-corrected chi connectivity index (χ0v) is 11.9. The minimum Gasteiger partial charge on any atom is -0.398 e. The summed E-state index contributed by atoms with van der Waals surface area (Å²) in [6.07, 6.45) is 2.85. The fourth-order valence-corrected chi connectivity index (χ4v) is 2.74. The van der Waals surface area contributed by atoms with E-state index in [9.17, 15) is 8.42 Å². The summed E-state index contributed by atoms with van der Waals surface area (Å²) < 4.78 is 28.6. The Morgan fingerprint density at radius 3 is 2.72 bits per heavy atom. The van der Waals surface area contributed by atoms with Crippen LogP contribution in [-0.2, 0) is 17.1 Å². The number of nitrogens with zero attached hydrogens (tertiary/aromatic N) is 2. The number of nitrogen functional groups attached to an aromatic ring is 1. The third-order valence-corrected chi connectivity index (χ3v) is 4.16. The van der Waals surface area contributed by atoms with Crippen molar-refractivity contribution >= 4 is 37.3 Å². The number of halogens is 1. The smallest absolute Gasteiger partial charge is 0.280 e. The molecule has 0 aliphatic carbocycles. The maximum Gasteiger partial charge on any atom is 0.280 e. The number of anilines is 2. The summed E-state index contributed by atoms with van der Waals surface area (Å²) in [5.74, 6) is 0. The molecule has 96 valence electrons. The summed E-state index contributed by atoms with van der Waals surface area (Å²) in [5.41, 5.74) is 6.58. The SMILES string of the molecule is Cn1cnc(S(=O)(=O)Nc2ccc(N)c(Br)c2)c1. The van der Waals surface area contributed by atoms with Crippen molar-refractivity contribution in [2.24, 2.45) is 7.05 Å². The Morgan fingerprint density at radius 2 is 2.17 bits per heavy atom. The van der Waals surface area contributed by atoms with Gasteiger partial charge in [0.2, 0.25) is 0 Å². The number of aromatic nitrogens is 2. The van der Waals surface area contributed by atoms with Crippen LogP contribution in [0.2, 0.25) is 0 Å². The molecule has 0 fully saturated rings. The first-order valence-corrected chi connectivity index (χ1v) is 7.22. The fraction of sp³-hybridized carbons (Fsp3) is 0.100. The fourth-order valence-electron chi connectivity index (χ4n) is 1.33. The molecule has 1 heterocycles. The first-order valence-electron chi connectivity index (χ1n) is 4.94. The molecule has 0 unspecified atom stereocenters. The topological polar surface area (TPSA) is 90.0 Å². The van der Waals surface area contributed by atoms with Crippen molar-refractivity contribution in [3.63, 3.8) is 0 Å². The lowest BCUT2D eigenvalue weighted by atomic mass is 10.3. The number of aryl methyl sites for hydroxylation is 1. The van der Waals surface area contributed by atoms with Crippen LogP contribution in [0.1, 0.15) is 0 Å². The van der Waals surface area contributed by atoms with Crippen molar-refractivity contribution in [1.29, 1.82) is 0 Å². The molecule has 0 bridgehead atoms. The molecule has 0 radical (unpaired) electrons. The Kier molecular flexibility index (Phi) is 3.31. The second-order valence-corrected chi connectivity index (χ2v) is 6.20. The molecule has 0 saturated carbocycles. The quantitative estimate of drug-likeness (QED) is 0.836. The van der Waals surface area contributed by atoms with E-state index in [4.69, 9.17) is 5.73 Å². The molecule has 2 aromatic rings. The lowest BCUT2D eigenvalue weighted by molar-refractivity contribution is 0.598. The van der Waals surface area contributed by atoms with Gasteiger partial charge < -0.3 is 10.3 Å². The number of hydrogen-bond donors (Lipinski definition) is 2. The van der Waals surface area contributed by atoms with Crippen molar-refractivity contribution in [2.45, 2.75) is 5.03 Å². The highest BCUT2D eigenvalue weighted by molar-refractivity contribution is 9.10. The van der Waals surface area contributed by atoms with Gasteiger partial charge in [0.05, 0.1) is 12.0 Å². The summed E-state index contributed by atoms with van der Waals surface area (Å²) in [7, 11) is -1.97. The van der Waals surface area contributed by atoms with E-state index in [1.54, 1.807) is 29.8 Å². The van der Waals surface area contributed by atoms with Gasteiger partial charge in [0.1, 0.15) is 0 Å². The summed E-state index contributed by atoms with van der Waals surface area (Å²) in [5, 5.41) is -0.0297. The van der Waals surface area contributed by atoms with E-state index < -0.39 is 10.0 Å². The zero-order chi connectivity index (χ0) is 13.3. The predicted molar refractivity (Wildman–Crippen MR) is 72.6 cm³/mol. The van der Waals surface area contributed by atoms with Crippen LogP contribution in [0.5, 0.6) is 0 Å². The highest BCUT2D eigenvalue weighted by Gasteiger charge is 2.17. The van der Waals surface area contributed by atoms with Crippen molar-refractivity contribution in [3.8, 4) is 0 Å². The molecule has 3 N–H and O–H groups in total. The van der Waals surface area contributed by atoms with Crippen molar-refractivity contribution < 1.29 is 8.42 Å². The van der Waals surface area contributed by atoms with E-state index in [0.29, 0.717) is 15.8 Å². The average molecular weight is 331 g/mol. The number of imidazole rings is 1. The second kappa shape index (κ2) is 4.62. The van der Waals surface area contributed by atoms with E-state index in [1.807, 2.05) is 0 Å². The number of sulfonamides is 1. The summed E-state index contributed by atoms with van der Waals surface area (Å²) in [4.78, 5) is 3.80. The van der Waals surface area contributed by atoms with Gasteiger partial charge >= 0.3 is 0 Å². The van der Waals surface area contributed by atoms with Crippen LogP contribution in [0.15, 0.2) is 40.2 Å². The molecule has 18 heavy (non-hydrogen) atoms. The lowest BCUT2D eigenvalue weighted by Crippen LogP contribution is -2.13. The Labute approximate surface area is 113 Å². The minimum absolute atomic E-state index is 0.0297. The van der Waals surface area contributed by atoms with Crippen molar-refractivity contribution in [1.82, 2.24) is 9.55 Å². The molecule has 0 aliphatic heterocycles. The van der Waals surface area contributed by atoms with Crippen molar-refractivity contribution in [3.05, 3.63) is 35.2 Å². The van der Waals surface area contributed by atoms with Crippen LogP contribution in [-0.4, -0.2) is 18.0 Å². The van der Waals surface area contributed by atoms with E-state index in [1.165, 1.54) is 12.5 Å². The normalized spacial score (nSPS) is 11.4. The Morgan fingerprint density at radius 1 is 1.44 bits per heavy atom. The first kappa shape index (κ1) is 12.9. The second-order valence-electron chi connectivity index (χ2n) is 3.72. The van der Waals surface area contributed by atoms with Crippen LogP contribution in [0.25, 0.3) is 0 Å². The molecule has 0 atom stereocenters. The van der Waals surface area contributed by atoms with E-state index in [-0.39, 0.29) is 5.03 Å². The van der Waals surface area contributed by atoms with E-state index >= 15 is 0 Å². The summed E-state index contributed by atoms with van der Waals surface area (Å²) >= 11 is 3.23. The number of benzene rings is 1. The van der Waals surface area contributed by atoms with Gasteiger partial charge in [-0.05, 0) is 34.1 Å². The average Bonchev–Trinajstić information content (AvgIpc) is 2.71. The molecule has 2 rings (SSSR count). The molecule has 0 amide bonds. The van der Waals surface area contributed by atoms with Gasteiger partial charge in [-0.15, -0.1) is 0 Å². The molecule has 0 aliphatic rings. The highest BCUT2D eigenvalue weighted by atomic mass is 79.9. The predicted octanol–water partition coefficient (Wildman–Crippen LogP) is 1.57. The molecular weight excluding hydrogens is 320 g/mol. The molecule has 6 nitrogen and oxygen atoms in total. The van der Waals surface area contributed by atoms with Crippen LogP contribution >= 0.6 is 15.9 Å². The third-order valence-electron chi connectivity index (χ3n) is 2.21. The number of nitrogens with two attached hydrogens (primary N) is 1. The van der Waals surface area contributed by atoms with E-state index in [2.05, 4.69) is 25.6 Å².